The van der Waals surface area contributed by atoms with Crippen molar-refractivity contribution in [3.63, 3.8) is 0 Å². The van der Waals surface area contributed by atoms with Crippen LogP contribution in [0.25, 0.3) is 10.1 Å². The van der Waals surface area contributed by atoms with Crippen LogP contribution in [0.2, 0.25) is 0 Å². The molecule has 1 aromatic heterocycles. The molecule has 0 radical (unpaired) electrons. The number of nitrogens with zero attached hydrogens (tertiary/aromatic N) is 3. The first-order valence-electron chi connectivity index (χ1n) is 32.3. The minimum Gasteiger partial charge on any atom is -0.311 e. The zero-order valence-electron chi connectivity index (χ0n) is 55.7. The molecular weight excluding hydrogens is 1050 g/mol. The number of hydrogen-bond acceptors (Lipinski definition) is 4. The van der Waals surface area contributed by atoms with Crippen molar-refractivity contribution in [2.24, 2.45) is 0 Å². The van der Waals surface area contributed by atoms with Gasteiger partial charge in [-0.15, -0.1) is 11.3 Å². The third-order valence-electron chi connectivity index (χ3n) is 21.9. The Bertz CT molecular complexity index is 4000. The topological polar surface area (TPSA) is 9.72 Å². The highest BCUT2D eigenvalue weighted by Gasteiger charge is 2.50. The largest absolute Gasteiger partial charge is 0.311 e. The van der Waals surface area contributed by atoms with Crippen molar-refractivity contribution < 1.29 is 0 Å². The minimum absolute atomic E-state index is 0.00554. The van der Waals surface area contributed by atoms with Crippen molar-refractivity contribution in [1.82, 2.24) is 0 Å². The van der Waals surface area contributed by atoms with E-state index in [0.29, 0.717) is 0 Å². The first-order chi connectivity index (χ1) is 39.5. The summed E-state index contributed by atoms with van der Waals surface area (Å²) in [5, 5.41) is 1.38. The van der Waals surface area contributed by atoms with Crippen LogP contribution in [0.15, 0.2) is 127 Å². The monoisotopic (exact) mass is 1140 g/mol. The van der Waals surface area contributed by atoms with Gasteiger partial charge in [0.15, 0.2) is 0 Å². The van der Waals surface area contributed by atoms with E-state index in [9.17, 15) is 0 Å². The first kappa shape index (κ1) is 58.0. The highest BCUT2D eigenvalue weighted by Crippen LogP contribution is 2.57. The van der Waals surface area contributed by atoms with E-state index in [-0.39, 0.29) is 55.4 Å². The van der Waals surface area contributed by atoms with E-state index >= 15 is 0 Å². The Labute approximate surface area is 516 Å². The van der Waals surface area contributed by atoms with Gasteiger partial charge in [0.1, 0.15) is 0 Å². The van der Waals surface area contributed by atoms with Crippen LogP contribution < -0.4 is 30.4 Å². The Morgan fingerprint density at radius 3 is 1.38 bits per heavy atom. The molecule has 0 atom stereocenters. The molecule has 0 unspecified atom stereocenters. The first-order valence-corrected chi connectivity index (χ1v) is 33.1. The summed E-state index contributed by atoms with van der Waals surface area (Å²) < 4.78 is 2.85. The third kappa shape index (κ3) is 9.30. The van der Waals surface area contributed by atoms with E-state index in [0.717, 1.165) is 36.3 Å². The molecule has 3 heterocycles. The lowest BCUT2D eigenvalue weighted by atomic mass is 9.35. The van der Waals surface area contributed by atoms with Gasteiger partial charge in [0.2, 0.25) is 0 Å². The molecule has 5 heteroatoms. The Morgan fingerprint density at radius 1 is 0.388 bits per heavy atom. The summed E-state index contributed by atoms with van der Waals surface area (Å²) in [6, 6.07) is 52.0. The Balaban J connectivity index is 1.23. The molecule has 0 spiro atoms. The molecule has 0 fully saturated rings. The van der Waals surface area contributed by atoms with Crippen LogP contribution in [0.5, 0.6) is 0 Å². The number of thiophene rings is 1. The normalized spacial score (nSPS) is 19.3. The molecule has 0 saturated heterocycles. The molecule has 440 valence electrons. The lowest BCUT2D eigenvalue weighted by molar-refractivity contribution is 0.332. The van der Waals surface area contributed by atoms with Gasteiger partial charge in [-0.1, -0.05) is 194 Å². The molecule has 3 nitrogen and oxygen atoms in total. The second kappa shape index (κ2) is 18.7. The smallest absolute Gasteiger partial charge is 0.264 e. The van der Waals surface area contributed by atoms with Gasteiger partial charge in [-0.2, -0.15) is 0 Å². The fraction of sp³-hybridized carbons (Fsp3) is 0.450. The van der Waals surface area contributed by atoms with Gasteiger partial charge >= 0.3 is 0 Å². The van der Waals surface area contributed by atoms with Crippen molar-refractivity contribution in [3.8, 4) is 0 Å². The fourth-order valence-electron chi connectivity index (χ4n) is 15.7. The van der Waals surface area contributed by atoms with E-state index in [2.05, 4.69) is 299 Å². The highest BCUT2D eigenvalue weighted by atomic mass is 32.1. The summed E-state index contributed by atoms with van der Waals surface area (Å²) >= 11 is 2.09. The van der Waals surface area contributed by atoms with Crippen LogP contribution in [0.3, 0.4) is 0 Å². The summed E-state index contributed by atoms with van der Waals surface area (Å²) in [6.07, 6.45) is 6.99. The van der Waals surface area contributed by atoms with Crippen LogP contribution in [0.4, 0.5) is 51.2 Å². The fourth-order valence-corrected chi connectivity index (χ4v) is 17.1. The molecule has 0 bridgehead atoms. The van der Waals surface area contributed by atoms with E-state index in [4.69, 9.17) is 0 Å². The highest BCUT2D eigenvalue weighted by molar-refractivity contribution is 7.33. The lowest BCUT2D eigenvalue weighted by Crippen LogP contribution is -2.61. The third-order valence-corrected chi connectivity index (χ3v) is 23.1. The maximum atomic E-state index is 2.80. The van der Waals surface area contributed by atoms with Gasteiger partial charge < -0.3 is 14.7 Å². The van der Waals surface area contributed by atoms with Gasteiger partial charge in [-0.05, 0) is 227 Å². The SMILES string of the molecule is CC(C)(C)c1ccc(N(c2ccccc2)c2cc3c4c(c2)N(c2ccc5c(c2)C(C)(C)CCC5(C)C)c2c(sc5cc6c(cc25)C(C)(C)CCC6(C)C)B4c2cc4c(cc2N3c2cc(C(C)(C)C)cc(C(C)(C)C)c2)C(C)(C)CCC4(C)C)cc1. The zero-order chi connectivity index (χ0) is 60.9. The Hall–Kier alpha value is -6.04. The molecule has 2 aliphatic heterocycles. The average molecular weight is 1140 g/mol. The predicted molar refractivity (Wildman–Crippen MR) is 372 cm³/mol. The van der Waals surface area contributed by atoms with Crippen molar-refractivity contribution in [2.75, 3.05) is 14.7 Å². The van der Waals surface area contributed by atoms with Gasteiger partial charge in [-0.3, -0.25) is 0 Å². The summed E-state index contributed by atoms with van der Waals surface area (Å²) in [4.78, 5) is 8.11. The minimum atomic E-state index is -0.0938. The van der Waals surface area contributed by atoms with Gasteiger partial charge in [0.25, 0.3) is 6.71 Å². The van der Waals surface area contributed by atoms with Crippen molar-refractivity contribution in [3.05, 3.63) is 177 Å². The number of rotatable bonds is 5. The van der Waals surface area contributed by atoms with E-state index < -0.39 is 0 Å². The number of fused-ring (bicyclic) bond motifs is 9. The van der Waals surface area contributed by atoms with Crippen LogP contribution in [-0.2, 0) is 48.7 Å². The van der Waals surface area contributed by atoms with E-state index in [1.165, 1.54) is 129 Å². The van der Waals surface area contributed by atoms with Crippen LogP contribution in [-0.4, -0.2) is 6.71 Å². The molecular formula is C80H96BN3S. The molecule has 8 aromatic rings. The quantitative estimate of drug-likeness (QED) is 0.159. The summed E-state index contributed by atoms with van der Waals surface area (Å²) in [6.45, 7) is 51.4. The maximum absolute atomic E-state index is 2.80. The van der Waals surface area contributed by atoms with Crippen LogP contribution in [0.1, 0.15) is 234 Å². The van der Waals surface area contributed by atoms with Gasteiger partial charge in [0.05, 0.1) is 11.4 Å². The molecule has 13 rings (SSSR count). The molecule has 3 aliphatic carbocycles. The Morgan fingerprint density at radius 2 is 0.847 bits per heavy atom. The van der Waals surface area contributed by atoms with Crippen LogP contribution >= 0.6 is 11.3 Å². The van der Waals surface area contributed by atoms with E-state index in [1.807, 2.05) is 0 Å². The van der Waals surface area contributed by atoms with E-state index in [1.54, 1.807) is 0 Å². The summed E-state index contributed by atoms with van der Waals surface area (Å²) in [5.74, 6) is 0. The zero-order valence-corrected chi connectivity index (χ0v) is 56.5. The number of hydrogen-bond donors (Lipinski definition) is 0. The second-order valence-corrected chi connectivity index (χ2v) is 35.0. The standard InChI is InChI=1S/C80H96BN3S/c1-72(2,3)49-27-29-53(30-28-49)82(52-25-23-22-24-26-52)56-43-66-69-67(44-56)84(54-31-32-58-59(42-54)76(12,13)34-33-75(58,10)11)70-57-45-60-63(80(20,21)38-35-77(60,14)15)48-68(57)85-71(70)81(69)64-46-61-62(79(18,19)37-36-78(61,16)17)47-65(64)83(66)55-40-50(73(4,5)6)39-51(41-55)74(7,8)9/h22-32,39-48H,33-38H2,1-21H3. The van der Waals surface area contributed by atoms with Gasteiger partial charge in [0, 0.05) is 54.7 Å². The summed E-state index contributed by atoms with van der Waals surface area (Å²) in [5.41, 5.74) is 27.0. The number of para-hydroxylation sites is 1. The molecule has 0 N–H and O–H groups in total. The molecule has 85 heavy (non-hydrogen) atoms. The number of benzene rings is 7. The predicted octanol–water partition coefficient (Wildman–Crippen LogP) is 21.4. The second-order valence-electron chi connectivity index (χ2n) is 33.9. The summed E-state index contributed by atoms with van der Waals surface area (Å²) in [7, 11) is 0. The molecule has 5 aliphatic rings. The lowest BCUT2D eigenvalue weighted by Gasteiger charge is -2.48. The van der Waals surface area contributed by atoms with Gasteiger partial charge in [-0.25, -0.2) is 0 Å². The maximum Gasteiger partial charge on any atom is 0.264 e. The van der Waals surface area contributed by atoms with Crippen molar-refractivity contribution >= 4 is 95.0 Å². The van der Waals surface area contributed by atoms with Crippen molar-refractivity contribution in [2.45, 2.75) is 233 Å². The van der Waals surface area contributed by atoms with Crippen molar-refractivity contribution in [1.29, 1.82) is 0 Å². The molecule has 0 saturated carbocycles. The molecule has 7 aromatic carbocycles. The number of anilines is 9. The Kier molecular flexibility index (Phi) is 12.8. The average Bonchev–Trinajstić information content (AvgIpc) is 1.71. The van der Waals surface area contributed by atoms with Crippen LogP contribution in [0, 0.1) is 0 Å². The molecule has 0 amide bonds.